The Kier molecular flexibility index (Phi) is 60.0. The molecule has 6 nitrogen and oxygen atoms in total. The SMILES string of the molecule is CCCCCCCCCCCCCCCCCCCCCCC/C=C/C(O)C(CO)NC(=O)CC/C=C\C/C=C\CCCCCCCCOC(=O)CCCCCCCCCCCCCCCCCCCCC. The molecule has 6 heteroatoms. The van der Waals surface area contributed by atoms with E-state index in [9.17, 15) is 19.8 Å². The van der Waals surface area contributed by atoms with Crippen molar-refractivity contribution < 1.29 is 24.5 Å². The summed E-state index contributed by atoms with van der Waals surface area (Å²) in [6.45, 7) is 4.87. The molecule has 0 bridgehead atoms. The molecular formula is C66H125NO5. The van der Waals surface area contributed by atoms with Crippen molar-refractivity contribution in [3.05, 3.63) is 36.5 Å². The fraction of sp³-hybridized carbons (Fsp3) is 0.879. The molecule has 0 aromatic carbocycles. The minimum Gasteiger partial charge on any atom is -0.466 e. The maximum Gasteiger partial charge on any atom is 0.305 e. The molecule has 0 rings (SSSR count). The van der Waals surface area contributed by atoms with Gasteiger partial charge >= 0.3 is 5.97 Å². The van der Waals surface area contributed by atoms with Gasteiger partial charge in [-0.1, -0.05) is 320 Å². The molecule has 2 unspecified atom stereocenters. The molecule has 1 amide bonds. The highest BCUT2D eigenvalue weighted by molar-refractivity contribution is 5.76. The summed E-state index contributed by atoms with van der Waals surface area (Å²) in [7, 11) is 0. The van der Waals surface area contributed by atoms with Crippen LogP contribution in [-0.4, -0.2) is 47.4 Å². The first-order valence-electron chi connectivity index (χ1n) is 32.3. The van der Waals surface area contributed by atoms with Crippen molar-refractivity contribution >= 4 is 11.9 Å². The minimum atomic E-state index is -0.881. The van der Waals surface area contributed by atoms with Crippen molar-refractivity contribution in [1.29, 1.82) is 0 Å². The Morgan fingerprint density at radius 3 is 1.08 bits per heavy atom. The van der Waals surface area contributed by atoms with Crippen LogP contribution in [0.2, 0.25) is 0 Å². The molecular weight excluding hydrogens is 887 g/mol. The van der Waals surface area contributed by atoms with Gasteiger partial charge in [0.05, 0.1) is 25.4 Å². The lowest BCUT2D eigenvalue weighted by Gasteiger charge is -2.19. The van der Waals surface area contributed by atoms with Crippen LogP contribution < -0.4 is 5.32 Å². The van der Waals surface area contributed by atoms with E-state index < -0.39 is 12.1 Å². The average molecular weight is 1010 g/mol. The standard InChI is InChI=1S/C66H125NO5/c1-3-5-7-9-11-13-15-17-19-21-23-24-25-26-28-29-31-34-38-42-46-50-54-58-64(69)63(62-68)67-65(70)59-55-51-47-43-39-35-33-37-41-45-49-53-57-61-72-66(71)60-56-52-48-44-40-36-32-30-27-22-20-18-16-14-12-10-8-6-4-2/h35,39,47,51,54,58,63-64,68-69H,3-34,36-38,40-46,48-50,52-53,55-57,59-62H2,1-2H3,(H,67,70)/b39-35-,51-47-,58-54+. The summed E-state index contributed by atoms with van der Waals surface area (Å²) in [5.74, 6) is -0.158. The lowest BCUT2D eigenvalue weighted by molar-refractivity contribution is -0.143. The van der Waals surface area contributed by atoms with Crippen LogP contribution in [0.3, 0.4) is 0 Å². The van der Waals surface area contributed by atoms with Crippen molar-refractivity contribution in [1.82, 2.24) is 5.32 Å². The second kappa shape index (κ2) is 61.6. The third kappa shape index (κ3) is 57.4. The maximum absolute atomic E-state index is 12.5. The minimum absolute atomic E-state index is 0.0131. The fourth-order valence-corrected chi connectivity index (χ4v) is 9.98. The van der Waals surface area contributed by atoms with Crippen molar-refractivity contribution in [2.24, 2.45) is 0 Å². The highest BCUT2D eigenvalue weighted by atomic mass is 16.5. The first kappa shape index (κ1) is 70.1. The van der Waals surface area contributed by atoms with E-state index >= 15 is 0 Å². The summed E-state index contributed by atoms with van der Waals surface area (Å²) in [5, 5.41) is 23.1. The molecule has 0 aromatic rings. The second-order valence-corrected chi connectivity index (χ2v) is 22.1. The van der Waals surface area contributed by atoms with E-state index in [1.165, 1.54) is 263 Å². The Labute approximate surface area is 449 Å². The van der Waals surface area contributed by atoms with Gasteiger partial charge in [0.25, 0.3) is 0 Å². The number of esters is 1. The average Bonchev–Trinajstić information content (AvgIpc) is 3.38. The van der Waals surface area contributed by atoms with Gasteiger partial charge in [-0.25, -0.2) is 0 Å². The summed E-state index contributed by atoms with van der Waals surface area (Å²) >= 11 is 0. The zero-order valence-electron chi connectivity index (χ0n) is 48.4. The van der Waals surface area contributed by atoms with Crippen molar-refractivity contribution in [3.63, 3.8) is 0 Å². The van der Waals surface area contributed by atoms with Crippen LogP contribution in [0.4, 0.5) is 0 Å². The number of unbranched alkanes of at least 4 members (excludes halogenated alkanes) is 45. The van der Waals surface area contributed by atoms with Crippen molar-refractivity contribution in [3.8, 4) is 0 Å². The van der Waals surface area contributed by atoms with Crippen LogP contribution in [-0.2, 0) is 14.3 Å². The molecule has 0 spiro atoms. The third-order valence-electron chi connectivity index (χ3n) is 14.9. The number of amides is 1. The lowest BCUT2D eigenvalue weighted by Crippen LogP contribution is -2.45. The molecule has 3 N–H and O–H groups in total. The van der Waals surface area contributed by atoms with Gasteiger partial charge in [0.1, 0.15) is 0 Å². The van der Waals surface area contributed by atoms with E-state index in [1.807, 2.05) is 12.2 Å². The van der Waals surface area contributed by atoms with Crippen molar-refractivity contribution in [2.45, 2.75) is 360 Å². The number of carbonyl (C=O) groups is 2. The number of nitrogens with one attached hydrogen (secondary N) is 1. The normalized spacial score (nSPS) is 12.8. The summed E-state index contributed by atoms with van der Waals surface area (Å²) in [6, 6.07) is -0.673. The largest absolute Gasteiger partial charge is 0.466 e. The monoisotopic (exact) mass is 1010 g/mol. The van der Waals surface area contributed by atoms with Crippen LogP contribution in [0.1, 0.15) is 348 Å². The zero-order chi connectivity index (χ0) is 52.2. The van der Waals surface area contributed by atoms with Gasteiger partial charge in [-0.05, 0) is 51.4 Å². The van der Waals surface area contributed by atoms with Crippen LogP contribution in [0.25, 0.3) is 0 Å². The molecule has 0 saturated heterocycles. The van der Waals surface area contributed by atoms with E-state index in [0.29, 0.717) is 25.9 Å². The molecule has 0 radical (unpaired) electrons. The van der Waals surface area contributed by atoms with E-state index in [4.69, 9.17) is 4.74 Å². The number of allylic oxidation sites excluding steroid dienone is 5. The van der Waals surface area contributed by atoms with E-state index in [2.05, 4.69) is 37.4 Å². The van der Waals surface area contributed by atoms with Gasteiger partial charge < -0.3 is 20.3 Å². The maximum atomic E-state index is 12.5. The van der Waals surface area contributed by atoms with Crippen LogP contribution >= 0.6 is 0 Å². The highest BCUT2D eigenvalue weighted by Crippen LogP contribution is 2.18. The Morgan fingerprint density at radius 2 is 0.708 bits per heavy atom. The smallest absolute Gasteiger partial charge is 0.305 e. The first-order valence-corrected chi connectivity index (χ1v) is 32.3. The molecule has 0 heterocycles. The third-order valence-corrected chi connectivity index (χ3v) is 14.9. The number of aliphatic hydroxyl groups is 2. The number of carbonyl (C=O) groups excluding carboxylic acids is 2. The number of ether oxygens (including phenoxy) is 1. The van der Waals surface area contributed by atoms with E-state index in [-0.39, 0.29) is 18.5 Å². The highest BCUT2D eigenvalue weighted by Gasteiger charge is 2.17. The van der Waals surface area contributed by atoms with E-state index in [1.54, 1.807) is 6.08 Å². The van der Waals surface area contributed by atoms with Crippen molar-refractivity contribution in [2.75, 3.05) is 13.2 Å². The topological polar surface area (TPSA) is 95.9 Å². The first-order chi connectivity index (χ1) is 35.5. The Hall–Kier alpha value is -1.92. The van der Waals surface area contributed by atoms with Gasteiger partial charge in [-0.3, -0.25) is 9.59 Å². The van der Waals surface area contributed by atoms with Crippen LogP contribution in [0.15, 0.2) is 36.5 Å². The summed E-state index contributed by atoms with van der Waals surface area (Å²) in [5.41, 5.74) is 0. The summed E-state index contributed by atoms with van der Waals surface area (Å²) < 4.78 is 5.48. The quantitative estimate of drug-likeness (QED) is 0.0320. The second-order valence-electron chi connectivity index (χ2n) is 22.1. The number of hydrogen-bond acceptors (Lipinski definition) is 5. The Balaban J connectivity index is 3.53. The van der Waals surface area contributed by atoms with Gasteiger partial charge in [0.15, 0.2) is 0 Å². The van der Waals surface area contributed by atoms with Gasteiger partial charge in [-0.2, -0.15) is 0 Å². The van der Waals surface area contributed by atoms with E-state index in [0.717, 1.165) is 51.4 Å². The van der Waals surface area contributed by atoms with Crippen LogP contribution in [0.5, 0.6) is 0 Å². The molecule has 0 saturated carbocycles. The lowest BCUT2D eigenvalue weighted by atomic mass is 10.0. The predicted molar refractivity (Wildman–Crippen MR) is 315 cm³/mol. The molecule has 0 aromatic heterocycles. The molecule has 0 fully saturated rings. The Morgan fingerprint density at radius 1 is 0.389 bits per heavy atom. The molecule has 0 aliphatic heterocycles. The summed E-state index contributed by atoms with van der Waals surface area (Å²) in [6.07, 6.45) is 77.8. The molecule has 0 aliphatic carbocycles. The van der Waals surface area contributed by atoms with Gasteiger partial charge in [-0.15, -0.1) is 0 Å². The molecule has 0 aliphatic rings. The predicted octanol–water partition coefficient (Wildman–Crippen LogP) is 20.4. The van der Waals surface area contributed by atoms with Gasteiger partial charge in [0, 0.05) is 12.8 Å². The van der Waals surface area contributed by atoms with Gasteiger partial charge in [0.2, 0.25) is 5.91 Å². The molecule has 2 atom stereocenters. The number of rotatable bonds is 60. The number of aliphatic hydroxyl groups excluding tert-OH is 2. The van der Waals surface area contributed by atoms with Crippen LogP contribution in [0, 0.1) is 0 Å². The molecule has 424 valence electrons. The fourth-order valence-electron chi connectivity index (χ4n) is 9.98. The molecule has 72 heavy (non-hydrogen) atoms. The Bertz CT molecular complexity index is 1170. The summed E-state index contributed by atoms with van der Waals surface area (Å²) in [4.78, 5) is 24.6. The number of hydrogen-bond donors (Lipinski definition) is 3. The zero-order valence-corrected chi connectivity index (χ0v) is 48.4.